The van der Waals surface area contributed by atoms with Crippen LogP contribution in [0.1, 0.15) is 59.2 Å². The number of nitrogens with zero attached hydrogens (tertiary/aromatic N) is 7. The van der Waals surface area contributed by atoms with Gasteiger partial charge in [0.2, 0.25) is 17.8 Å². The molecule has 3 saturated heterocycles. The molecule has 4 amide bonds. The second-order valence-electron chi connectivity index (χ2n) is 18.7. The molecule has 10 rings (SSSR count). The lowest BCUT2D eigenvalue weighted by molar-refractivity contribution is -0.136. The third-order valence-electron chi connectivity index (χ3n) is 14.0. The van der Waals surface area contributed by atoms with Crippen LogP contribution < -0.4 is 35.8 Å². The number of amides is 4. The molecule has 4 aliphatic heterocycles. The number of carbonyl (C=O) groups is 4. The van der Waals surface area contributed by atoms with Crippen molar-refractivity contribution in [1.82, 2.24) is 30.0 Å². The molecule has 4 aliphatic rings. The minimum Gasteiger partial charge on any atom is -0.494 e. The van der Waals surface area contributed by atoms with E-state index < -0.39 is 36.8 Å². The summed E-state index contributed by atoms with van der Waals surface area (Å²) in [6.45, 7) is 6.76. The first kappa shape index (κ1) is 45.7. The second kappa shape index (κ2) is 18.1. The van der Waals surface area contributed by atoms with Crippen LogP contribution in [0.3, 0.4) is 0 Å². The van der Waals surface area contributed by atoms with Crippen molar-refractivity contribution < 1.29 is 28.5 Å². The summed E-state index contributed by atoms with van der Waals surface area (Å²) < 4.78 is 21.4. The number of piperidine rings is 3. The predicted molar refractivity (Wildman–Crippen MR) is 268 cm³/mol. The van der Waals surface area contributed by atoms with Crippen molar-refractivity contribution in [1.29, 1.82) is 0 Å². The van der Waals surface area contributed by atoms with Gasteiger partial charge in [0.25, 0.3) is 11.8 Å². The normalized spacial score (nSPS) is 18.1. The van der Waals surface area contributed by atoms with E-state index in [1.165, 1.54) is 6.20 Å². The molecule has 0 bridgehead atoms. The molecule has 1 unspecified atom stereocenters. The number of methoxy groups -OCH3 is 1. The Morgan fingerprint density at radius 2 is 1.51 bits per heavy atom. The van der Waals surface area contributed by atoms with Gasteiger partial charge in [-0.1, -0.05) is 48.0 Å². The molecule has 4 aromatic carbocycles. The van der Waals surface area contributed by atoms with Crippen molar-refractivity contribution in [3.63, 3.8) is 0 Å². The molecule has 2 aromatic heterocycles. The molecule has 69 heavy (non-hydrogen) atoms. The first-order valence-corrected chi connectivity index (χ1v) is 26.0. The smallest absolute Gasteiger partial charge is 0.262 e. The van der Waals surface area contributed by atoms with E-state index in [0.29, 0.717) is 38.8 Å². The van der Waals surface area contributed by atoms with E-state index in [9.17, 15) is 23.7 Å². The van der Waals surface area contributed by atoms with Crippen LogP contribution in [0, 0.1) is 5.41 Å². The number of hydrogen-bond donors (Lipinski definition) is 3. The zero-order chi connectivity index (χ0) is 48.2. The number of hydrogen-bond acceptors (Lipinski definition) is 13. The Morgan fingerprint density at radius 1 is 0.783 bits per heavy atom. The molecule has 0 radical (unpaired) electrons. The summed E-state index contributed by atoms with van der Waals surface area (Å²) >= 11 is 6.70. The predicted octanol–water partition coefficient (Wildman–Crippen LogP) is 8.23. The summed E-state index contributed by atoms with van der Waals surface area (Å²) in [7, 11) is 0.785. The molecular formula is C51H52ClN10O6P. The molecule has 6 heterocycles. The number of fused-ring (bicyclic) bond motifs is 1. The van der Waals surface area contributed by atoms with Crippen LogP contribution >= 0.6 is 18.7 Å². The Labute approximate surface area is 404 Å². The minimum atomic E-state index is -2.75. The Morgan fingerprint density at radius 3 is 2.19 bits per heavy atom. The number of halogens is 1. The highest BCUT2D eigenvalue weighted by Crippen LogP contribution is 2.47. The fourth-order valence-corrected chi connectivity index (χ4v) is 11.5. The monoisotopic (exact) mass is 966 g/mol. The van der Waals surface area contributed by atoms with E-state index in [4.69, 9.17) is 21.3 Å². The molecule has 3 N–H and O–H groups in total. The van der Waals surface area contributed by atoms with Crippen molar-refractivity contribution in [3.8, 4) is 28.0 Å². The van der Waals surface area contributed by atoms with Gasteiger partial charge in [-0.05, 0) is 98.4 Å². The van der Waals surface area contributed by atoms with E-state index in [1.54, 1.807) is 37.3 Å². The van der Waals surface area contributed by atoms with Crippen molar-refractivity contribution in [2.45, 2.75) is 44.6 Å². The third-order valence-corrected chi connectivity index (χ3v) is 15.8. The zero-order valence-corrected chi connectivity index (χ0v) is 40.4. The summed E-state index contributed by atoms with van der Waals surface area (Å²) in [6.07, 6.45) is 9.50. The Balaban J connectivity index is 0.844. The maximum absolute atomic E-state index is 13.6. The molecule has 18 heteroatoms. The van der Waals surface area contributed by atoms with Gasteiger partial charge in [-0.25, -0.2) is 4.98 Å². The van der Waals surface area contributed by atoms with Gasteiger partial charge < -0.3 is 29.7 Å². The number of aryl methyl sites for hydroxylation is 1. The van der Waals surface area contributed by atoms with Crippen molar-refractivity contribution in [2.24, 2.45) is 12.5 Å². The topological polar surface area (TPSA) is 184 Å². The van der Waals surface area contributed by atoms with Crippen LogP contribution in [-0.2, 0) is 21.2 Å². The van der Waals surface area contributed by atoms with Crippen molar-refractivity contribution in [2.75, 3.05) is 67.1 Å². The van der Waals surface area contributed by atoms with E-state index >= 15 is 0 Å². The highest BCUT2D eigenvalue weighted by molar-refractivity contribution is 7.70. The average molecular weight is 967 g/mol. The van der Waals surface area contributed by atoms with Crippen LogP contribution in [0.15, 0.2) is 97.5 Å². The van der Waals surface area contributed by atoms with Crippen molar-refractivity contribution in [3.05, 3.63) is 114 Å². The molecule has 0 aliphatic carbocycles. The molecule has 16 nitrogen and oxygen atoms in total. The summed E-state index contributed by atoms with van der Waals surface area (Å²) in [5, 5.41) is 14.5. The first-order valence-electron chi connectivity index (χ1n) is 23.1. The summed E-state index contributed by atoms with van der Waals surface area (Å²) in [6, 6.07) is 24.3. The molecule has 1 spiro atoms. The SMILES string of the molecule is COc1cc(N2CCC3(CCN(c4ccc5c(c4)C(=O)N(C4CCC(=O)NC4=O)C5=O)CC3)CC2)c(-c2cnn(C)c2)cc1Nc1ncc(Cl)c(Nc2ccc(-c3ccccc3)cc2P(C)(C)=O)n1. The van der Waals surface area contributed by atoms with Gasteiger partial charge in [-0.15, -0.1) is 0 Å². The fourth-order valence-electron chi connectivity index (χ4n) is 10.2. The Hall–Kier alpha value is -7.03. The standard InChI is InChI=1S/C51H52ClN10O6P/c1-59-30-33(28-54-59)36-26-40(56-50-53-29-38(52)46(58-50)55-39-13-10-32(24-44(39)69(3,4)67)31-8-6-5-7-9-31)43(68-2)27-42(36)61-22-18-51(19-23-61)16-20-60(21-17-51)34-11-12-35-37(25-34)49(66)62(48(35)65)41-14-15-45(63)57-47(41)64/h5-13,24-30,41H,14-23H2,1-4H3,(H,57,63,64)(H2,53,55,56,58). The lowest BCUT2D eigenvalue weighted by atomic mass is 9.71. The second-order valence-corrected chi connectivity index (χ2v) is 22.3. The summed E-state index contributed by atoms with van der Waals surface area (Å²) in [5.41, 5.74) is 7.79. The van der Waals surface area contributed by atoms with E-state index in [1.807, 2.05) is 80.1 Å². The van der Waals surface area contributed by atoms with Crippen LogP contribution in [0.2, 0.25) is 5.02 Å². The molecule has 6 aromatic rings. The summed E-state index contributed by atoms with van der Waals surface area (Å²) in [4.78, 5) is 66.2. The van der Waals surface area contributed by atoms with Crippen LogP contribution in [0.4, 0.5) is 34.5 Å². The lowest BCUT2D eigenvalue weighted by Crippen LogP contribution is -2.54. The van der Waals surface area contributed by atoms with Gasteiger partial charge in [0.05, 0.1) is 42.0 Å². The lowest BCUT2D eigenvalue weighted by Gasteiger charge is -2.48. The highest BCUT2D eigenvalue weighted by Gasteiger charge is 2.45. The van der Waals surface area contributed by atoms with E-state index in [2.05, 4.69) is 41.9 Å². The third kappa shape index (κ3) is 8.94. The highest BCUT2D eigenvalue weighted by atomic mass is 35.5. The number of ether oxygens (including phenoxy) is 1. The fraction of sp³-hybridized carbons (Fsp3) is 0.314. The number of anilines is 6. The Bertz CT molecular complexity index is 3080. The maximum atomic E-state index is 13.6. The van der Waals surface area contributed by atoms with Crippen LogP contribution in [0.5, 0.6) is 5.75 Å². The maximum Gasteiger partial charge on any atom is 0.262 e. The average Bonchev–Trinajstić information content (AvgIpc) is 3.89. The van der Waals surface area contributed by atoms with Gasteiger partial charge in [0.15, 0.2) is 5.82 Å². The van der Waals surface area contributed by atoms with Gasteiger partial charge in [0, 0.05) is 79.7 Å². The number of benzene rings is 4. The Kier molecular flexibility index (Phi) is 12.0. The largest absolute Gasteiger partial charge is 0.494 e. The van der Waals surface area contributed by atoms with Crippen LogP contribution in [-0.4, -0.2) is 101 Å². The number of imide groups is 2. The molecule has 0 saturated carbocycles. The number of nitrogens with one attached hydrogen (secondary N) is 3. The minimum absolute atomic E-state index is 0.0761. The number of rotatable bonds is 11. The molecule has 3 fully saturated rings. The quantitative estimate of drug-likeness (QED) is 0.0835. The molecule has 354 valence electrons. The zero-order valence-electron chi connectivity index (χ0n) is 38.8. The van der Waals surface area contributed by atoms with Gasteiger partial charge >= 0.3 is 0 Å². The first-order chi connectivity index (χ1) is 33.2. The van der Waals surface area contributed by atoms with Crippen molar-refractivity contribution >= 4 is 82.2 Å². The van der Waals surface area contributed by atoms with Gasteiger partial charge in [0.1, 0.15) is 24.0 Å². The van der Waals surface area contributed by atoms with Gasteiger partial charge in [-0.3, -0.25) is 34.1 Å². The molecule has 1 atom stereocenters. The van der Waals surface area contributed by atoms with Gasteiger partial charge in [-0.2, -0.15) is 10.1 Å². The van der Waals surface area contributed by atoms with E-state index in [0.717, 1.165) is 90.4 Å². The molecular weight excluding hydrogens is 915 g/mol. The number of aromatic nitrogens is 4. The summed E-state index contributed by atoms with van der Waals surface area (Å²) in [5.74, 6) is -0.786. The number of carbonyl (C=O) groups excluding carboxylic acids is 4. The van der Waals surface area contributed by atoms with E-state index in [-0.39, 0.29) is 29.8 Å². The van der Waals surface area contributed by atoms with Crippen LogP contribution in [0.25, 0.3) is 22.3 Å².